The van der Waals surface area contributed by atoms with Crippen LogP contribution in [0, 0.1) is 11.7 Å². The second kappa shape index (κ2) is 6.91. The molecule has 0 spiro atoms. The lowest BCUT2D eigenvalue weighted by Gasteiger charge is -2.25. The molecular formula is C13H21ClFN3O2S. The van der Waals surface area contributed by atoms with Crippen LogP contribution in [0.4, 0.5) is 10.1 Å². The van der Waals surface area contributed by atoms with Gasteiger partial charge in [-0.25, -0.2) is 17.5 Å². The number of sulfonamides is 1. The molecule has 0 saturated heterocycles. The van der Waals surface area contributed by atoms with Crippen molar-refractivity contribution >= 4 is 27.3 Å². The molecular weight excluding hydrogens is 317 g/mol. The summed E-state index contributed by atoms with van der Waals surface area (Å²) in [6, 6.07) is 1.88. The summed E-state index contributed by atoms with van der Waals surface area (Å²) < 4.78 is 41.2. The molecule has 21 heavy (non-hydrogen) atoms. The third-order valence-electron chi connectivity index (χ3n) is 2.99. The Morgan fingerprint density at radius 1 is 1.38 bits per heavy atom. The van der Waals surface area contributed by atoms with E-state index in [1.54, 1.807) is 0 Å². The summed E-state index contributed by atoms with van der Waals surface area (Å²) in [5, 5.41) is 0.0722. The SMILES string of the molecule is CC(C)C(CN(C)C)NS(=O)(=O)c1cc(Cl)cc(N)c1F. The van der Waals surface area contributed by atoms with Gasteiger partial charge in [0.1, 0.15) is 4.90 Å². The topological polar surface area (TPSA) is 75.4 Å². The van der Waals surface area contributed by atoms with Gasteiger partial charge in [-0.3, -0.25) is 0 Å². The Kier molecular flexibility index (Phi) is 5.98. The van der Waals surface area contributed by atoms with E-state index in [4.69, 9.17) is 17.3 Å². The maximum atomic E-state index is 14.0. The van der Waals surface area contributed by atoms with E-state index < -0.39 is 20.7 Å². The Bertz CT molecular complexity index is 606. The van der Waals surface area contributed by atoms with E-state index in [1.807, 2.05) is 32.8 Å². The van der Waals surface area contributed by atoms with E-state index in [-0.39, 0.29) is 22.7 Å². The van der Waals surface area contributed by atoms with Crippen LogP contribution in [0.2, 0.25) is 5.02 Å². The smallest absolute Gasteiger partial charge is 0.243 e. The van der Waals surface area contributed by atoms with E-state index in [0.717, 1.165) is 6.07 Å². The van der Waals surface area contributed by atoms with Crippen LogP contribution < -0.4 is 10.5 Å². The number of hydrogen-bond acceptors (Lipinski definition) is 4. The first-order valence-corrected chi connectivity index (χ1v) is 8.32. The zero-order valence-electron chi connectivity index (χ0n) is 12.5. The Hall–Kier alpha value is -0.890. The average molecular weight is 338 g/mol. The molecule has 0 amide bonds. The van der Waals surface area contributed by atoms with Gasteiger partial charge in [-0.15, -0.1) is 0 Å². The minimum Gasteiger partial charge on any atom is -0.396 e. The molecule has 8 heteroatoms. The van der Waals surface area contributed by atoms with Crippen LogP contribution in [0.5, 0.6) is 0 Å². The van der Waals surface area contributed by atoms with Gasteiger partial charge < -0.3 is 10.6 Å². The second-order valence-corrected chi connectivity index (χ2v) is 7.66. The van der Waals surface area contributed by atoms with Crippen molar-refractivity contribution in [2.45, 2.75) is 24.8 Å². The Morgan fingerprint density at radius 2 is 1.95 bits per heavy atom. The van der Waals surface area contributed by atoms with Crippen molar-refractivity contribution in [3.05, 3.63) is 23.0 Å². The van der Waals surface area contributed by atoms with Gasteiger partial charge >= 0.3 is 0 Å². The van der Waals surface area contributed by atoms with E-state index in [9.17, 15) is 12.8 Å². The van der Waals surface area contributed by atoms with Crippen LogP contribution in [0.1, 0.15) is 13.8 Å². The Labute approximate surface area is 130 Å². The van der Waals surface area contributed by atoms with Gasteiger partial charge in [-0.05, 0) is 32.1 Å². The molecule has 0 aliphatic carbocycles. The minimum absolute atomic E-state index is 0.0433. The standard InChI is InChI=1S/C13H21ClFN3O2S/c1-8(2)11(7-18(3)4)17-21(19,20)12-6-9(14)5-10(16)13(12)15/h5-6,8,11,17H,7,16H2,1-4H3. The van der Waals surface area contributed by atoms with Crippen molar-refractivity contribution < 1.29 is 12.8 Å². The summed E-state index contributed by atoms with van der Waals surface area (Å²) in [4.78, 5) is 1.33. The summed E-state index contributed by atoms with van der Waals surface area (Å²) in [5.41, 5.74) is 5.13. The average Bonchev–Trinajstić information content (AvgIpc) is 2.31. The number of halogens is 2. The molecule has 0 aliphatic rings. The lowest BCUT2D eigenvalue weighted by Crippen LogP contribution is -2.45. The van der Waals surface area contributed by atoms with Gasteiger partial charge in [0.25, 0.3) is 0 Å². The maximum Gasteiger partial charge on any atom is 0.243 e. The number of benzene rings is 1. The van der Waals surface area contributed by atoms with Crippen LogP contribution in [0.3, 0.4) is 0 Å². The van der Waals surface area contributed by atoms with E-state index in [2.05, 4.69) is 4.72 Å². The second-order valence-electron chi connectivity index (χ2n) is 5.54. The number of rotatable bonds is 6. The fourth-order valence-electron chi connectivity index (χ4n) is 1.82. The molecule has 0 aliphatic heterocycles. The molecule has 1 atom stereocenters. The van der Waals surface area contributed by atoms with E-state index in [0.29, 0.717) is 6.54 Å². The van der Waals surface area contributed by atoms with Gasteiger partial charge in [-0.1, -0.05) is 25.4 Å². The number of nitrogens with two attached hydrogens (primary N) is 1. The fourth-order valence-corrected chi connectivity index (χ4v) is 3.62. The van der Waals surface area contributed by atoms with Crippen LogP contribution >= 0.6 is 11.6 Å². The van der Waals surface area contributed by atoms with Crippen molar-refractivity contribution in [2.75, 3.05) is 26.4 Å². The van der Waals surface area contributed by atoms with Crippen molar-refractivity contribution in [3.63, 3.8) is 0 Å². The number of anilines is 1. The van der Waals surface area contributed by atoms with Gasteiger partial charge in [-0.2, -0.15) is 0 Å². The highest BCUT2D eigenvalue weighted by molar-refractivity contribution is 7.89. The van der Waals surface area contributed by atoms with Gasteiger partial charge in [0.15, 0.2) is 5.82 Å². The molecule has 0 bridgehead atoms. The van der Waals surface area contributed by atoms with Crippen LogP contribution in [0.25, 0.3) is 0 Å². The lowest BCUT2D eigenvalue weighted by atomic mass is 10.1. The molecule has 0 heterocycles. The van der Waals surface area contributed by atoms with Crippen molar-refractivity contribution in [3.8, 4) is 0 Å². The minimum atomic E-state index is -4.04. The molecule has 1 rings (SSSR count). The van der Waals surface area contributed by atoms with Gasteiger partial charge in [0.05, 0.1) is 5.69 Å². The van der Waals surface area contributed by atoms with Gasteiger partial charge in [0.2, 0.25) is 10.0 Å². The van der Waals surface area contributed by atoms with Crippen LogP contribution in [-0.4, -0.2) is 40.0 Å². The summed E-state index contributed by atoms with van der Waals surface area (Å²) in [7, 11) is -0.372. The monoisotopic (exact) mass is 337 g/mol. The molecule has 0 saturated carbocycles. The summed E-state index contributed by atoms with van der Waals surface area (Å²) >= 11 is 5.76. The summed E-state index contributed by atoms with van der Waals surface area (Å²) in [6.45, 7) is 4.27. The zero-order chi connectivity index (χ0) is 16.4. The Balaban J connectivity index is 3.16. The van der Waals surface area contributed by atoms with Crippen molar-refractivity contribution in [1.82, 2.24) is 9.62 Å². The van der Waals surface area contributed by atoms with Crippen LogP contribution in [-0.2, 0) is 10.0 Å². The summed E-state index contributed by atoms with van der Waals surface area (Å²) in [6.07, 6.45) is 0. The third-order valence-corrected chi connectivity index (χ3v) is 4.70. The fraction of sp³-hybridized carbons (Fsp3) is 0.538. The molecule has 1 unspecified atom stereocenters. The van der Waals surface area contributed by atoms with Crippen LogP contribution in [0.15, 0.2) is 17.0 Å². The number of hydrogen-bond donors (Lipinski definition) is 2. The number of likely N-dealkylation sites (N-methyl/N-ethyl adjacent to an activating group) is 1. The summed E-state index contributed by atoms with van der Waals surface area (Å²) in [5.74, 6) is -0.943. The highest BCUT2D eigenvalue weighted by Crippen LogP contribution is 2.25. The quantitative estimate of drug-likeness (QED) is 0.778. The highest BCUT2D eigenvalue weighted by atomic mass is 35.5. The normalized spacial score (nSPS) is 13.9. The number of nitrogen functional groups attached to an aromatic ring is 1. The molecule has 120 valence electrons. The van der Waals surface area contributed by atoms with E-state index >= 15 is 0 Å². The first-order valence-electron chi connectivity index (χ1n) is 6.46. The Morgan fingerprint density at radius 3 is 2.43 bits per heavy atom. The van der Waals surface area contributed by atoms with Crippen molar-refractivity contribution in [1.29, 1.82) is 0 Å². The molecule has 0 fully saturated rings. The molecule has 3 N–H and O–H groups in total. The van der Waals surface area contributed by atoms with E-state index in [1.165, 1.54) is 6.07 Å². The molecule has 1 aromatic carbocycles. The first-order chi connectivity index (χ1) is 9.54. The molecule has 0 aromatic heterocycles. The maximum absolute atomic E-state index is 14.0. The molecule has 1 aromatic rings. The molecule has 5 nitrogen and oxygen atoms in total. The highest BCUT2D eigenvalue weighted by Gasteiger charge is 2.26. The largest absolute Gasteiger partial charge is 0.396 e. The predicted molar refractivity (Wildman–Crippen MR) is 83.3 cm³/mol. The lowest BCUT2D eigenvalue weighted by molar-refractivity contribution is 0.314. The first kappa shape index (κ1) is 18.2. The zero-order valence-corrected chi connectivity index (χ0v) is 14.1. The van der Waals surface area contributed by atoms with Gasteiger partial charge in [0, 0.05) is 17.6 Å². The number of nitrogens with one attached hydrogen (secondary N) is 1. The third kappa shape index (κ3) is 4.81. The molecule has 0 radical (unpaired) electrons. The number of nitrogens with zero attached hydrogens (tertiary/aromatic N) is 1. The van der Waals surface area contributed by atoms with Crippen molar-refractivity contribution in [2.24, 2.45) is 5.92 Å². The predicted octanol–water partition coefficient (Wildman–Crippen LogP) is 1.93.